The first kappa shape index (κ1) is 15.8. The number of aryl methyl sites for hydroxylation is 1. The lowest BCUT2D eigenvalue weighted by Crippen LogP contribution is -2.31. The van der Waals surface area contributed by atoms with Gasteiger partial charge in [-0.2, -0.15) is 5.10 Å². The molecule has 1 N–H and O–H groups in total. The molecule has 21 heavy (non-hydrogen) atoms. The van der Waals surface area contributed by atoms with E-state index in [9.17, 15) is 0 Å². The lowest BCUT2D eigenvalue weighted by Gasteiger charge is -2.22. The second-order valence-electron chi connectivity index (χ2n) is 4.55. The quantitative estimate of drug-likeness (QED) is 0.840. The number of thiocarbonyl (C=S) groups is 1. The van der Waals surface area contributed by atoms with Crippen molar-refractivity contribution in [2.24, 2.45) is 7.05 Å². The van der Waals surface area contributed by atoms with Crippen LogP contribution in [0.5, 0.6) is 5.75 Å². The number of nitrogens with one attached hydrogen (secondary N) is 1. The van der Waals surface area contributed by atoms with Gasteiger partial charge in [0.1, 0.15) is 5.75 Å². The molecule has 0 aliphatic heterocycles. The van der Waals surface area contributed by atoms with Crippen molar-refractivity contribution in [1.82, 2.24) is 14.7 Å². The molecule has 112 valence electrons. The maximum atomic E-state index is 5.44. The highest BCUT2D eigenvalue weighted by molar-refractivity contribution is 9.10. The van der Waals surface area contributed by atoms with Gasteiger partial charge in [0.05, 0.1) is 35.7 Å². The normalized spacial score (nSPS) is 10.3. The molecule has 0 saturated heterocycles. The Balaban J connectivity index is 2.06. The van der Waals surface area contributed by atoms with Crippen LogP contribution in [0.1, 0.15) is 5.69 Å². The van der Waals surface area contributed by atoms with Crippen LogP contribution in [-0.2, 0) is 13.6 Å². The maximum absolute atomic E-state index is 5.44. The van der Waals surface area contributed by atoms with Crippen molar-refractivity contribution >= 4 is 38.9 Å². The zero-order valence-electron chi connectivity index (χ0n) is 12.1. The molecule has 7 heteroatoms. The molecule has 0 bridgehead atoms. The Hall–Kier alpha value is -1.60. The fourth-order valence-electron chi connectivity index (χ4n) is 1.87. The minimum atomic E-state index is 0.618. The molecular formula is C14H17BrN4OS. The molecule has 0 aliphatic carbocycles. The van der Waals surface area contributed by atoms with E-state index in [-0.39, 0.29) is 0 Å². The molecule has 2 rings (SSSR count). The highest BCUT2D eigenvalue weighted by Gasteiger charge is 2.12. The predicted molar refractivity (Wildman–Crippen MR) is 91.6 cm³/mol. The summed E-state index contributed by atoms with van der Waals surface area (Å²) in [6.45, 7) is 0.651. The standard InChI is InChI=1S/C14H17BrN4OS/c1-18(9-12-10(15)8-16-19(12)2)14(21)17-11-6-4-5-7-13(11)20-3/h4-8H,9H2,1-3H3,(H,17,21). The first-order valence-electron chi connectivity index (χ1n) is 6.34. The predicted octanol–water partition coefficient (Wildman–Crippen LogP) is 3.02. The van der Waals surface area contributed by atoms with Crippen LogP contribution in [0.3, 0.4) is 0 Å². The number of hydrogen-bond acceptors (Lipinski definition) is 3. The molecule has 1 aromatic heterocycles. The Labute approximate surface area is 138 Å². The van der Waals surface area contributed by atoms with Crippen molar-refractivity contribution < 1.29 is 4.74 Å². The van der Waals surface area contributed by atoms with Crippen molar-refractivity contribution in [3.05, 3.63) is 40.6 Å². The van der Waals surface area contributed by atoms with E-state index >= 15 is 0 Å². The summed E-state index contributed by atoms with van der Waals surface area (Å²) < 4.78 is 8.10. The number of halogens is 1. The highest BCUT2D eigenvalue weighted by atomic mass is 79.9. The molecule has 0 aliphatic rings. The third kappa shape index (κ3) is 3.74. The van der Waals surface area contributed by atoms with E-state index in [1.807, 2.05) is 47.9 Å². The Bertz CT molecular complexity index is 624. The Morgan fingerprint density at radius 1 is 1.48 bits per heavy atom. The second-order valence-corrected chi connectivity index (χ2v) is 5.79. The fraction of sp³-hybridized carbons (Fsp3) is 0.286. The molecule has 0 amide bonds. The summed E-state index contributed by atoms with van der Waals surface area (Å²) >= 11 is 8.93. The summed E-state index contributed by atoms with van der Waals surface area (Å²) in [5.74, 6) is 0.759. The summed E-state index contributed by atoms with van der Waals surface area (Å²) in [7, 11) is 5.48. The van der Waals surface area contributed by atoms with Crippen molar-refractivity contribution in [2.75, 3.05) is 19.5 Å². The van der Waals surface area contributed by atoms with Gasteiger partial charge in [0.2, 0.25) is 0 Å². The first-order chi connectivity index (χ1) is 10.0. The van der Waals surface area contributed by atoms with Crippen LogP contribution in [0.2, 0.25) is 0 Å². The molecule has 1 heterocycles. The molecule has 0 fully saturated rings. The number of aromatic nitrogens is 2. The van der Waals surface area contributed by atoms with E-state index in [2.05, 4.69) is 26.3 Å². The molecule has 5 nitrogen and oxygen atoms in total. The van der Waals surface area contributed by atoms with E-state index in [0.717, 1.165) is 21.6 Å². The lowest BCUT2D eigenvalue weighted by atomic mass is 10.3. The van der Waals surface area contributed by atoms with Crippen molar-refractivity contribution in [1.29, 1.82) is 0 Å². The highest BCUT2D eigenvalue weighted by Crippen LogP contribution is 2.24. The number of anilines is 1. The van der Waals surface area contributed by atoms with E-state index < -0.39 is 0 Å². The zero-order valence-corrected chi connectivity index (χ0v) is 14.5. The zero-order chi connectivity index (χ0) is 15.4. The first-order valence-corrected chi connectivity index (χ1v) is 7.54. The van der Waals surface area contributed by atoms with Gasteiger partial charge < -0.3 is 15.0 Å². The number of benzene rings is 1. The molecule has 0 radical (unpaired) electrons. The van der Waals surface area contributed by atoms with Gasteiger partial charge in [-0.15, -0.1) is 0 Å². The average molecular weight is 369 g/mol. The summed E-state index contributed by atoms with van der Waals surface area (Å²) in [5.41, 5.74) is 1.91. The van der Waals surface area contributed by atoms with Crippen LogP contribution < -0.4 is 10.1 Å². The molecular weight excluding hydrogens is 352 g/mol. The molecule has 0 atom stereocenters. The largest absolute Gasteiger partial charge is 0.495 e. The molecule has 2 aromatic rings. The summed E-state index contributed by atoms with van der Waals surface area (Å²) in [4.78, 5) is 1.95. The molecule has 1 aromatic carbocycles. The van der Waals surface area contributed by atoms with Gasteiger partial charge in [-0.05, 0) is 40.3 Å². The van der Waals surface area contributed by atoms with Crippen LogP contribution in [0.25, 0.3) is 0 Å². The van der Waals surface area contributed by atoms with E-state index in [1.165, 1.54) is 0 Å². The number of nitrogens with zero attached hydrogens (tertiary/aromatic N) is 3. The van der Waals surface area contributed by atoms with Crippen molar-refractivity contribution in [3.63, 3.8) is 0 Å². The third-order valence-electron chi connectivity index (χ3n) is 3.09. The van der Waals surface area contributed by atoms with E-state index in [1.54, 1.807) is 13.3 Å². The van der Waals surface area contributed by atoms with E-state index in [4.69, 9.17) is 17.0 Å². The number of methoxy groups -OCH3 is 1. The van der Waals surface area contributed by atoms with Gasteiger partial charge in [0.15, 0.2) is 5.11 Å². The van der Waals surface area contributed by atoms with Gasteiger partial charge in [0.25, 0.3) is 0 Å². The SMILES string of the molecule is COc1ccccc1NC(=S)N(C)Cc1c(Br)cnn1C. The van der Waals surface area contributed by atoms with Gasteiger partial charge in [-0.1, -0.05) is 12.1 Å². The molecule has 0 saturated carbocycles. The van der Waals surface area contributed by atoms with Gasteiger partial charge in [-0.3, -0.25) is 4.68 Å². The number of ether oxygens (including phenoxy) is 1. The maximum Gasteiger partial charge on any atom is 0.173 e. The third-order valence-corrected chi connectivity index (χ3v) is 4.17. The van der Waals surface area contributed by atoms with Crippen LogP contribution in [0, 0.1) is 0 Å². The van der Waals surface area contributed by atoms with Crippen LogP contribution in [-0.4, -0.2) is 34.0 Å². The van der Waals surface area contributed by atoms with Crippen LogP contribution in [0.4, 0.5) is 5.69 Å². The summed E-state index contributed by atoms with van der Waals surface area (Å²) in [6.07, 6.45) is 1.78. The van der Waals surface area contributed by atoms with Crippen molar-refractivity contribution in [3.8, 4) is 5.75 Å². The Morgan fingerprint density at radius 2 is 2.19 bits per heavy atom. The summed E-state index contributed by atoms with van der Waals surface area (Å²) in [6, 6.07) is 7.68. The summed E-state index contributed by atoms with van der Waals surface area (Å²) in [5, 5.41) is 8.02. The Morgan fingerprint density at radius 3 is 2.81 bits per heavy atom. The minimum absolute atomic E-state index is 0.618. The van der Waals surface area contributed by atoms with Gasteiger partial charge in [-0.25, -0.2) is 0 Å². The second kappa shape index (κ2) is 6.91. The number of rotatable bonds is 4. The van der Waals surface area contributed by atoms with Crippen molar-refractivity contribution in [2.45, 2.75) is 6.54 Å². The molecule has 0 spiro atoms. The molecule has 0 unspecified atom stereocenters. The van der Waals surface area contributed by atoms with Crippen LogP contribution in [0.15, 0.2) is 34.9 Å². The van der Waals surface area contributed by atoms with E-state index in [0.29, 0.717) is 11.7 Å². The monoisotopic (exact) mass is 368 g/mol. The van der Waals surface area contributed by atoms with Gasteiger partial charge >= 0.3 is 0 Å². The smallest absolute Gasteiger partial charge is 0.173 e. The topological polar surface area (TPSA) is 42.3 Å². The van der Waals surface area contributed by atoms with Gasteiger partial charge in [0, 0.05) is 14.1 Å². The Kier molecular flexibility index (Phi) is 5.19. The average Bonchev–Trinajstić information content (AvgIpc) is 2.79. The number of hydrogen-bond donors (Lipinski definition) is 1. The lowest BCUT2D eigenvalue weighted by molar-refractivity contribution is 0.416. The minimum Gasteiger partial charge on any atom is -0.495 e. The number of para-hydroxylation sites is 2. The fourth-order valence-corrected chi connectivity index (χ4v) is 2.52. The van der Waals surface area contributed by atoms with Crippen LogP contribution >= 0.6 is 28.1 Å².